The van der Waals surface area contributed by atoms with Crippen molar-refractivity contribution in [2.75, 3.05) is 26.2 Å². The van der Waals surface area contributed by atoms with Gasteiger partial charge in [0.1, 0.15) is 11.8 Å². The number of aryl methyl sites for hydroxylation is 1. The van der Waals surface area contributed by atoms with Gasteiger partial charge in [0.2, 0.25) is 0 Å². The fourth-order valence-corrected chi connectivity index (χ4v) is 2.04. The molecule has 0 bridgehead atoms. The molecule has 0 aromatic heterocycles. The maximum absolute atomic E-state index is 9.84. The highest BCUT2D eigenvalue weighted by Gasteiger charge is 2.14. The molecule has 1 rings (SSSR count). The van der Waals surface area contributed by atoms with Crippen LogP contribution >= 0.6 is 0 Å². The predicted molar refractivity (Wildman–Crippen MR) is 77.0 cm³/mol. The number of likely N-dealkylation sites (N-methyl/N-ethyl adjacent to an activating group) is 1. The van der Waals surface area contributed by atoms with Gasteiger partial charge in [-0.2, -0.15) is 5.26 Å². The lowest BCUT2D eigenvalue weighted by atomic mass is 10.0. The molecule has 0 spiro atoms. The SMILES string of the molecule is CCN(CC)CCNC(C#N)c1cc(C)ccc1O. The molecule has 19 heavy (non-hydrogen) atoms. The van der Waals surface area contributed by atoms with E-state index in [0.717, 1.165) is 31.7 Å². The van der Waals surface area contributed by atoms with Gasteiger partial charge in [-0.15, -0.1) is 0 Å². The van der Waals surface area contributed by atoms with Gasteiger partial charge in [-0.3, -0.25) is 5.32 Å². The first-order valence-corrected chi connectivity index (χ1v) is 6.77. The van der Waals surface area contributed by atoms with Crippen molar-refractivity contribution in [2.45, 2.75) is 26.8 Å². The van der Waals surface area contributed by atoms with E-state index in [1.165, 1.54) is 0 Å². The highest BCUT2D eigenvalue weighted by molar-refractivity contribution is 5.40. The maximum atomic E-state index is 9.84. The van der Waals surface area contributed by atoms with Crippen molar-refractivity contribution < 1.29 is 5.11 Å². The zero-order valence-electron chi connectivity index (χ0n) is 12.0. The van der Waals surface area contributed by atoms with Gasteiger partial charge in [0.15, 0.2) is 0 Å². The predicted octanol–water partition coefficient (Wildman–Crippen LogP) is 2.20. The minimum Gasteiger partial charge on any atom is -0.508 e. The number of nitrogens with zero attached hydrogens (tertiary/aromatic N) is 2. The van der Waals surface area contributed by atoms with E-state index in [1.807, 2.05) is 19.1 Å². The Morgan fingerprint density at radius 1 is 1.37 bits per heavy atom. The normalized spacial score (nSPS) is 12.4. The van der Waals surface area contributed by atoms with Crippen LogP contribution in [0.3, 0.4) is 0 Å². The number of rotatable bonds is 7. The summed E-state index contributed by atoms with van der Waals surface area (Å²) in [5.74, 6) is 0.174. The zero-order valence-corrected chi connectivity index (χ0v) is 12.0. The van der Waals surface area contributed by atoms with Gasteiger partial charge < -0.3 is 10.0 Å². The van der Waals surface area contributed by atoms with Crippen LogP contribution in [0.5, 0.6) is 5.75 Å². The Balaban J connectivity index is 2.64. The van der Waals surface area contributed by atoms with Crippen molar-refractivity contribution in [1.82, 2.24) is 10.2 Å². The van der Waals surface area contributed by atoms with E-state index in [-0.39, 0.29) is 5.75 Å². The lowest BCUT2D eigenvalue weighted by Crippen LogP contribution is -2.33. The van der Waals surface area contributed by atoms with Crippen LogP contribution in [0.15, 0.2) is 18.2 Å². The van der Waals surface area contributed by atoms with E-state index in [1.54, 1.807) is 6.07 Å². The second kappa shape index (κ2) is 7.78. The third kappa shape index (κ3) is 4.55. The second-order valence-corrected chi connectivity index (χ2v) is 4.61. The fraction of sp³-hybridized carbons (Fsp3) is 0.533. The Morgan fingerprint density at radius 2 is 2.05 bits per heavy atom. The highest BCUT2D eigenvalue weighted by atomic mass is 16.3. The van der Waals surface area contributed by atoms with Crippen LogP contribution in [-0.2, 0) is 0 Å². The van der Waals surface area contributed by atoms with Gasteiger partial charge in [0.05, 0.1) is 6.07 Å². The summed E-state index contributed by atoms with van der Waals surface area (Å²) in [4.78, 5) is 2.29. The van der Waals surface area contributed by atoms with Crippen LogP contribution in [-0.4, -0.2) is 36.2 Å². The lowest BCUT2D eigenvalue weighted by molar-refractivity contribution is 0.299. The molecule has 0 aliphatic rings. The molecule has 0 aliphatic carbocycles. The average molecular weight is 261 g/mol. The lowest BCUT2D eigenvalue weighted by Gasteiger charge is -2.20. The first-order valence-electron chi connectivity index (χ1n) is 6.77. The quantitative estimate of drug-likeness (QED) is 0.790. The number of nitriles is 1. The van der Waals surface area contributed by atoms with Crippen LogP contribution < -0.4 is 5.32 Å². The number of phenolic OH excluding ortho intramolecular Hbond substituents is 1. The van der Waals surface area contributed by atoms with E-state index in [4.69, 9.17) is 0 Å². The monoisotopic (exact) mass is 261 g/mol. The molecule has 0 saturated carbocycles. The first kappa shape index (κ1) is 15.5. The Kier molecular flexibility index (Phi) is 6.34. The van der Waals surface area contributed by atoms with Gasteiger partial charge in [-0.1, -0.05) is 25.5 Å². The summed E-state index contributed by atoms with van der Waals surface area (Å²) in [6.45, 7) is 9.84. The third-order valence-corrected chi connectivity index (χ3v) is 3.29. The van der Waals surface area contributed by atoms with Gasteiger partial charge >= 0.3 is 0 Å². The van der Waals surface area contributed by atoms with Crippen LogP contribution in [0.1, 0.15) is 31.0 Å². The Bertz CT molecular complexity index is 436. The van der Waals surface area contributed by atoms with Gasteiger partial charge in [0.25, 0.3) is 0 Å². The number of hydrogen-bond acceptors (Lipinski definition) is 4. The molecule has 1 aromatic carbocycles. The molecule has 0 aliphatic heterocycles. The van der Waals surface area contributed by atoms with Crippen LogP contribution in [0, 0.1) is 18.3 Å². The third-order valence-electron chi connectivity index (χ3n) is 3.29. The summed E-state index contributed by atoms with van der Waals surface area (Å²) >= 11 is 0. The first-order chi connectivity index (χ1) is 9.12. The second-order valence-electron chi connectivity index (χ2n) is 4.61. The number of hydrogen-bond donors (Lipinski definition) is 2. The van der Waals surface area contributed by atoms with Crippen molar-refractivity contribution in [3.8, 4) is 11.8 Å². The van der Waals surface area contributed by atoms with Crippen molar-refractivity contribution in [3.05, 3.63) is 29.3 Å². The maximum Gasteiger partial charge on any atom is 0.124 e. The molecule has 0 amide bonds. The minimum atomic E-state index is -0.463. The molecule has 4 heteroatoms. The zero-order chi connectivity index (χ0) is 14.3. The van der Waals surface area contributed by atoms with E-state index in [0.29, 0.717) is 5.56 Å². The molecule has 0 saturated heterocycles. The summed E-state index contributed by atoms with van der Waals surface area (Å²) in [6, 6.07) is 7.08. The molecular weight excluding hydrogens is 238 g/mol. The van der Waals surface area contributed by atoms with Crippen molar-refractivity contribution >= 4 is 0 Å². The number of aromatic hydroxyl groups is 1. The Morgan fingerprint density at radius 3 is 2.63 bits per heavy atom. The molecule has 1 aromatic rings. The minimum absolute atomic E-state index is 0.174. The largest absolute Gasteiger partial charge is 0.508 e. The van der Waals surface area contributed by atoms with Crippen LogP contribution in [0.2, 0.25) is 0 Å². The summed E-state index contributed by atoms with van der Waals surface area (Å²) in [5, 5.41) is 22.3. The molecule has 0 heterocycles. The Labute approximate surface area is 115 Å². The Hall–Kier alpha value is -1.57. The standard InChI is InChI=1S/C15H23N3O/c1-4-18(5-2)9-8-17-14(11-16)13-10-12(3)6-7-15(13)19/h6-7,10,14,17,19H,4-5,8-9H2,1-3H3. The summed E-state index contributed by atoms with van der Waals surface area (Å²) in [7, 11) is 0. The smallest absolute Gasteiger partial charge is 0.124 e. The fourth-order valence-electron chi connectivity index (χ4n) is 2.04. The van der Waals surface area contributed by atoms with E-state index < -0.39 is 6.04 Å². The molecule has 0 radical (unpaired) electrons. The number of benzene rings is 1. The molecule has 4 nitrogen and oxygen atoms in total. The molecule has 1 atom stereocenters. The molecule has 2 N–H and O–H groups in total. The van der Waals surface area contributed by atoms with Crippen molar-refractivity contribution in [2.24, 2.45) is 0 Å². The van der Waals surface area contributed by atoms with Gasteiger partial charge in [0, 0.05) is 18.7 Å². The van der Waals surface area contributed by atoms with E-state index in [9.17, 15) is 10.4 Å². The topological polar surface area (TPSA) is 59.3 Å². The summed E-state index contributed by atoms with van der Waals surface area (Å²) < 4.78 is 0. The molecule has 1 unspecified atom stereocenters. The van der Waals surface area contributed by atoms with E-state index in [2.05, 4.69) is 30.1 Å². The van der Waals surface area contributed by atoms with Gasteiger partial charge in [-0.05, 0) is 32.1 Å². The van der Waals surface area contributed by atoms with Gasteiger partial charge in [-0.25, -0.2) is 0 Å². The average Bonchev–Trinajstić information content (AvgIpc) is 2.42. The molecule has 0 fully saturated rings. The summed E-state index contributed by atoms with van der Waals surface area (Å²) in [5.41, 5.74) is 1.70. The van der Waals surface area contributed by atoms with Crippen molar-refractivity contribution in [1.29, 1.82) is 5.26 Å². The van der Waals surface area contributed by atoms with E-state index >= 15 is 0 Å². The van der Waals surface area contributed by atoms with Crippen LogP contribution in [0.25, 0.3) is 0 Å². The van der Waals surface area contributed by atoms with Crippen LogP contribution in [0.4, 0.5) is 0 Å². The van der Waals surface area contributed by atoms with Crippen molar-refractivity contribution in [3.63, 3.8) is 0 Å². The summed E-state index contributed by atoms with van der Waals surface area (Å²) in [6.07, 6.45) is 0. The number of phenols is 1. The highest BCUT2D eigenvalue weighted by Crippen LogP contribution is 2.24. The number of nitrogens with one attached hydrogen (secondary N) is 1. The molecular formula is C15H23N3O. The molecule has 104 valence electrons.